The van der Waals surface area contributed by atoms with E-state index in [1.54, 1.807) is 16.8 Å². The van der Waals surface area contributed by atoms with Crippen molar-refractivity contribution in [1.29, 1.82) is 0 Å². The number of imidazole rings is 1. The number of hydrogen-bond donors (Lipinski definition) is 0. The van der Waals surface area contributed by atoms with E-state index in [1.165, 1.54) is 0 Å². The van der Waals surface area contributed by atoms with Crippen molar-refractivity contribution in [3.8, 4) is 0 Å². The molecule has 5 heteroatoms. The fraction of sp³-hybridized carbons (Fsp3) is 0.0714. The van der Waals surface area contributed by atoms with Gasteiger partial charge in [-0.15, -0.1) is 0 Å². The van der Waals surface area contributed by atoms with E-state index in [2.05, 4.69) is 5.10 Å². The molecule has 0 aliphatic rings. The lowest BCUT2D eigenvalue weighted by Gasteiger charge is -1.98. The number of hydrogen-bond acceptors (Lipinski definition) is 2. The molecule has 0 unspecified atom stereocenters. The Bertz CT molecular complexity index is 737. The highest BCUT2D eigenvalue weighted by Crippen LogP contribution is 2.05. The van der Waals surface area contributed by atoms with Crippen LogP contribution in [0.25, 0.3) is 5.65 Å². The van der Waals surface area contributed by atoms with Gasteiger partial charge in [0.15, 0.2) is 17.9 Å². The van der Waals surface area contributed by atoms with Crippen molar-refractivity contribution < 1.29 is 9.36 Å². The van der Waals surface area contributed by atoms with Crippen molar-refractivity contribution in [3.63, 3.8) is 0 Å². The molecule has 1 aromatic carbocycles. The van der Waals surface area contributed by atoms with Gasteiger partial charge in [0.25, 0.3) is 0 Å². The summed E-state index contributed by atoms with van der Waals surface area (Å²) in [5.41, 5.74) is 1.53. The number of benzene rings is 1. The molecule has 94 valence electrons. The van der Waals surface area contributed by atoms with Gasteiger partial charge in [-0.3, -0.25) is 4.79 Å². The minimum atomic E-state index is 0.0636. The molecule has 0 amide bonds. The molecule has 0 bridgehead atoms. The third-order valence-corrected chi connectivity index (χ3v) is 3.10. The Labute approximate surface area is 114 Å². The van der Waals surface area contributed by atoms with Crippen LogP contribution in [0.4, 0.5) is 0 Å². The van der Waals surface area contributed by atoms with Crippen LogP contribution in [0.3, 0.4) is 0 Å². The second-order valence-corrected chi connectivity index (χ2v) is 4.56. The number of carbonyl (C=O) groups excluding carboxylic acids is 1. The van der Waals surface area contributed by atoms with E-state index in [4.69, 9.17) is 11.6 Å². The number of fused-ring (bicyclic) bond motifs is 1. The smallest absolute Gasteiger partial charge is 0.290 e. The normalized spacial score (nSPS) is 10.8. The Morgan fingerprint density at radius 1 is 1.21 bits per heavy atom. The lowest BCUT2D eigenvalue weighted by molar-refractivity contribution is -0.656. The molecule has 0 saturated heterocycles. The zero-order valence-corrected chi connectivity index (χ0v) is 10.8. The highest BCUT2D eigenvalue weighted by Gasteiger charge is 2.15. The molecule has 0 atom stereocenters. The number of ketones is 1. The van der Waals surface area contributed by atoms with Gasteiger partial charge in [0.2, 0.25) is 5.78 Å². The van der Waals surface area contributed by atoms with Crippen LogP contribution in [0.2, 0.25) is 5.15 Å². The summed E-state index contributed by atoms with van der Waals surface area (Å²) >= 11 is 5.82. The Kier molecular flexibility index (Phi) is 3.01. The van der Waals surface area contributed by atoms with Gasteiger partial charge < -0.3 is 0 Å². The first-order chi connectivity index (χ1) is 9.24. The molecule has 2 heterocycles. The predicted octanol–water partition coefficient (Wildman–Crippen LogP) is 2.16. The van der Waals surface area contributed by atoms with Crippen molar-refractivity contribution in [3.05, 3.63) is 65.6 Å². The Morgan fingerprint density at radius 2 is 2.00 bits per heavy atom. The molecule has 3 rings (SSSR count). The molecular formula is C14H11ClN3O+. The summed E-state index contributed by atoms with van der Waals surface area (Å²) in [5.74, 6) is 0.0636. The van der Waals surface area contributed by atoms with Crippen molar-refractivity contribution in [2.24, 2.45) is 0 Å². The Hall–Kier alpha value is -2.20. The second-order valence-electron chi connectivity index (χ2n) is 4.17. The van der Waals surface area contributed by atoms with Crippen LogP contribution in [-0.4, -0.2) is 15.4 Å². The molecule has 0 fully saturated rings. The molecule has 0 aliphatic heterocycles. The zero-order valence-electron chi connectivity index (χ0n) is 10.0. The summed E-state index contributed by atoms with van der Waals surface area (Å²) in [5, 5.41) is 4.55. The molecular weight excluding hydrogens is 262 g/mol. The first-order valence-electron chi connectivity index (χ1n) is 5.85. The van der Waals surface area contributed by atoms with Crippen LogP contribution in [0, 0.1) is 0 Å². The highest BCUT2D eigenvalue weighted by atomic mass is 35.5. The number of nitrogens with zero attached hydrogens (tertiary/aromatic N) is 3. The maximum Gasteiger partial charge on any atom is 0.307 e. The van der Waals surface area contributed by atoms with Gasteiger partial charge in [-0.2, -0.15) is 0 Å². The summed E-state index contributed by atoms with van der Waals surface area (Å²) in [6.45, 7) is 0.282. The molecule has 0 saturated carbocycles. The molecule has 0 spiro atoms. The van der Waals surface area contributed by atoms with E-state index < -0.39 is 0 Å². The van der Waals surface area contributed by atoms with Crippen molar-refractivity contribution >= 4 is 23.0 Å². The number of Topliss-reactive ketones (excluding diaryl/α,β-unsaturated/α-hetero) is 1. The van der Waals surface area contributed by atoms with E-state index in [9.17, 15) is 4.79 Å². The van der Waals surface area contributed by atoms with E-state index in [0.717, 1.165) is 5.65 Å². The average molecular weight is 273 g/mol. The standard InChI is InChI=1S/C14H11ClN3O/c15-13-6-7-14-17(8-9-18(14)16-13)10-12(19)11-4-2-1-3-5-11/h1-9H,10H2/q+1. The summed E-state index contributed by atoms with van der Waals surface area (Å²) in [6.07, 6.45) is 3.60. The van der Waals surface area contributed by atoms with Crippen molar-refractivity contribution in [1.82, 2.24) is 9.61 Å². The predicted molar refractivity (Wildman–Crippen MR) is 71.2 cm³/mol. The molecule has 3 aromatic rings. The molecule has 0 aliphatic carbocycles. The van der Waals surface area contributed by atoms with Crippen LogP contribution in [0.5, 0.6) is 0 Å². The van der Waals surface area contributed by atoms with Crippen molar-refractivity contribution in [2.45, 2.75) is 6.54 Å². The van der Waals surface area contributed by atoms with Crippen LogP contribution < -0.4 is 4.57 Å². The number of carbonyl (C=O) groups is 1. The summed E-state index contributed by atoms with van der Waals surface area (Å²) in [4.78, 5) is 12.1. The van der Waals surface area contributed by atoms with E-state index in [-0.39, 0.29) is 12.3 Å². The maximum atomic E-state index is 12.1. The van der Waals surface area contributed by atoms with Crippen LogP contribution >= 0.6 is 11.6 Å². The highest BCUT2D eigenvalue weighted by molar-refractivity contribution is 6.29. The van der Waals surface area contributed by atoms with E-state index >= 15 is 0 Å². The number of rotatable bonds is 3. The van der Waals surface area contributed by atoms with Gasteiger partial charge in [-0.05, 0) is 6.07 Å². The Balaban J connectivity index is 1.92. The van der Waals surface area contributed by atoms with Gasteiger partial charge in [0, 0.05) is 11.6 Å². The van der Waals surface area contributed by atoms with Crippen LogP contribution in [0.1, 0.15) is 10.4 Å². The Morgan fingerprint density at radius 3 is 2.79 bits per heavy atom. The first kappa shape index (κ1) is 11.9. The largest absolute Gasteiger partial charge is 0.307 e. The van der Waals surface area contributed by atoms with Gasteiger partial charge in [-0.25, -0.2) is 4.57 Å². The maximum absolute atomic E-state index is 12.1. The SMILES string of the molecule is O=C(C[n+]1ccn2nc(Cl)ccc21)c1ccccc1. The molecule has 0 radical (unpaired) electrons. The van der Waals surface area contributed by atoms with Gasteiger partial charge >= 0.3 is 5.65 Å². The van der Waals surface area contributed by atoms with Gasteiger partial charge in [0.1, 0.15) is 6.20 Å². The second kappa shape index (κ2) is 4.82. The molecule has 19 heavy (non-hydrogen) atoms. The zero-order chi connectivity index (χ0) is 13.2. The number of aromatic nitrogens is 3. The average Bonchev–Trinajstić information content (AvgIpc) is 2.82. The third-order valence-electron chi connectivity index (χ3n) is 2.90. The minimum Gasteiger partial charge on any atom is -0.290 e. The quantitative estimate of drug-likeness (QED) is 0.541. The molecule has 0 N–H and O–H groups in total. The lowest BCUT2D eigenvalue weighted by Crippen LogP contribution is -2.36. The lowest BCUT2D eigenvalue weighted by atomic mass is 10.1. The first-order valence-corrected chi connectivity index (χ1v) is 6.23. The molecule has 4 nitrogen and oxygen atoms in total. The summed E-state index contributed by atoms with van der Waals surface area (Å²) in [6, 6.07) is 12.8. The minimum absolute atomic E-state index is 0.0636. The van der Waals surface area contributed by atoms with Gasteiger partial charge in [-0.1, -0.05) is 51.5 Å². The van der Waals surface area contributed by atoms with Crippen LogP contribution in [0.15, 0.2) is 54.9 Å². The van der Waals surface area contributed by atoms with Crippen LogP contribution in [-0.2, 0) is 6.54 Å². The van der Waals surface area contributed by atoms with E-state index in [0.29, 0.717) is 10.7 Å². The fourth-order valence-electron chi connectivity index (χ4n) is 1.97. The monoisotopic (exact) mass is 272 g/mol. The topological polar surface area (TPSA) is 38.2 Å². The summed E-state index contributed by atoms with van der Waals surface area (Å²) < 4.78 is 3.50. The fourth-order valence-corrected chi connectivity index (χ4v) is 2.11. The third kappa shape index (κ3) is 2.35. The number of halogens is 1. The van der Waals surface area contributed by atoms with Gasteiger partial charge in [0.05, 0.1) is 0 Å². The van der Waals surface area contributed by atoms with E-state index in [1.807, 2.05) is 47.2 Å². The summed E-state index contributed by atoms with van der Waals surface area (Å²) in [7, 11) is 0. The van der Waals surface area contributed by atoms with Crippen molar-refractivity contribution in [2.75, 3.05) is 0 Å². The molecule has 2 aromatic heterocycles.